The molecule has 218 valence electrons. The molecule has 4 saturated heterocycles. The molecule has 0 spiro atoms. The first kappa shape index (κ1) is 26.6. The first-order chi connectivity index (χ1) is 20.0. The molecular formula is C28H34F2N8O3. The van der Waals surface area contributed by atoms with Crippen molar-refractivity contribution < 1.29 is 23.0 Å². The summed E-state index contributed by atoms with van der Waals surface area (Å²) in [6.07, 6.45) is 7.22. The molecule has 4 aliphatic heterocycles. The Hall–Kier alpha value is -3.34. The molecule has 4 unspecified atom stereocenters. The molecular weight excluding hydrogens is 534 g/mol. The second kappa shape index (κ2) is 10.8. The molecule has 0 aromatic carbocycles. The Kier molecular flexibility index (Phi) is 7.00. The highest BCUT2D eigenvalue weighted by Crippen LogP contribution is 2.40. The number of nitriles is 1. The third-order valence-corrected chi connectivity index (χ3v) is 8.91. The number of rotatable bonds is 6. The number of anilines is 2. The summed E-state index contributed by atoms with van der Waals surface area (Å²) in [7, 11) is 0. The number of alkyl halides is 2. The molecule has 11 nitrogen and oxygen atoms in total. The van der Waals surface area contributed by atoms with Crippen molar-refractivity contribution >= 4 is 22.5 Å². The van der Waals surface area contributed by atoms with Gasteiger partial charge in [-0.05, 0) is 51.9 Å². The van der Waals surface area contributed by atoms with Gasteiger partial charge in [-0.2, -0.15) is 28.9 Å². The number of ether oxygens (including phenoxy) is 3. The van der Waals surface area contributed by atoms with Crippen LogP contribution in [-0.2, 0) is 14.2 Å². The van der Waals surface area contributed by atoms with Crippen molar-refractivity contribution in [2.45, 2.75) is 88.9 Å². The molecule has 5 atom stereocenters. The second-order valence-corrected chi connectivity index (χ2v) is 11.5. The van der Waals surface area contributed by atoms with Gasteiger partial charge in [0.05, 0.1) is 42.5 Å². The molecule has 13 heteroatoms. The van der Waals surface area contributed by atoms with E-state index in [1.165, 1.54) is 0 Å². The van der Waals surface area contributed by atoms with Crippen LogP contribution < -0.4 is 9.80 Å². The van der Waals surface area contributed by atoms with E-state index in [-0.39, 0.29) is 30.0 Å². The smallest absolute Gasteiger partial charge is 0.345 e. The number of morpholine rings is 1. The molecule has 3 aromatic rings. The molecule has 0 N–H and O–H groups in total. The van der Waals surface area contributed by atoms with Gasteiger partial charge in [-0.15, -0.1) is 0 Å². The van der Waals surface area contributed by atoms with Gasteiger partial charge in [-0.3, -0.25) is 0 Å². The summed E-state index contributed by atoms with van der Waals surface area (Å²) in [6, 6.07) is 6.55. The highest BCUT2D eigenvalue weighted by molar-refractivity contribution is 5.96. The van der Waals surface area contributed by atoms with E-state index in [2.05, 4.69) is 15.9 Å². The van der Waals surface area contributed by atoms with Gasteiger partial charge in [-0.25, -0.2) is 9.67 Å². The summed E-state index contributed by atoms with van der Waals surface area (Å²) in [6.45, 7) is 1.72. The maximum Gasteiger partial charge on any atom is 0.345 e. The van der Waals surface area contributed by atoms with Crippen molar-refractivity contribution in [1.29, 1.82) is 5.26 Å². The van der Waals surface area contributed by atoms with Gasteiger partial charge in [0.2, 0.25) is 0 Å². The zero-order valence-electron chi connectivity index (χ0n) is 23.0. The van der Waals surface area contributed by atoms with Crippen molar-refractivity contribution in [3.63, 3.8) is 0 Å². The zero-order valence-corrected chi connectivity index (χ0v) is 23.0. The van der Waals surface area contributed by atoms with Crippen LogP contribution in [0.15, 0.2) is 18.3 Å². The first-order valence-electron chi connectivity index (χ1n) is 14.6. The molecule has 2 bridgehead atoms. The minimum atomic E-state index is -2.79. The van der Waals surface area contributed by atoms with Crippen LogP contribution in [0, 0.1) is 11.3 Å². The average Bonchev–Trinajstić information content (AvgIpc) is 3.67. The van der Waals surface area contributed by atoms with Gasteiger partial charge in [0.25, 0.3) is 0 Å². The van der Waals surface area contributed by atoms with Gasteiger partial charge in [0.1, 0.15) is 18.1 Å². The standard InChI is InChI=1S/C28H34F2N8O3/c1-17-12-20(41-28(29)30)7-9-35(17)22-13-24(37-18-5-6-19(37)16-39-15-18)32-27-26(22)21(14-31)33-38(27)23-8-10-36(34-23)25-4-2-3-11-40-25/h8,10,13,17-20,25,28H,2-7,9,11-12,15-16H2,1H3/t17-,18?,19?,20?,25?/m1/s1. The van der Waals surface area contributed by atoms with Crippen molar-refractivity contribution in [1.82, 2.24) is 24.5 Å². The molecule has 0 amide bonds. The van der Waals surface area contributed by atoms with E-state index >= 15 is 0 Å². The molecule has 41 heavy (non-hydrogen) atoms. The van der Waals surface area contributed by atoms with Crippen LogP contribution in [0.3, 0.4) is 0 Å². The average molecular weight is 569 g/mol. The fourth-order valence-corrected chi connectivity index (χ4v) is 6.97. The number of aromatic nitrogens is 5. The Balaban J connectivity index is 1.34. The van der Waals surface area contributed by atoms with Crippen LogP contribution >= 0.6 is 0 Å². The van der Waals surface area contributed by atoms with Crippen LogP contribution in [0.1, 0.15) is 63.8 Å². The number of piperidine rings is 1. The summed E-state index contributed by atoms with van der Waals surface area (Å²) in [5, 5.41) is 20.3. The molecule has 4 fully saturated rings. The predicted octanol–water partition coefficient (Wildman–Crippen LogP) is 4.15. The molecule has 0 aliphatic carbocycles. The lowest BCUT2D eigenvalue weighted by Crippen LogP contribution is -2.47. The molecule has 7 heterocycles. The van der Waals surface area contributed by atoms with Gasteiger partial charge in [0, 0.05) is 37.5 Å². The Bertz CT molecular complexity index is 1430. The van der Waals surface area contributed by atoms with Crippen molar-refractivity contribution in [3.8, 4) is 11.9 Å². The highest BCUT2D eigenvalue weighted by Gasteiger charge is 2.40. The van der Waals surface area contributed by atoms with Crippen LogP contribution in [0.25, 0.3) is 16.9 Å². The molecule has 3 aromatic heterocycles. The highest BCUT2D eigenvalue weighted by atomic mass is 19.3. The zero-order chi connectivity index (χ0) is 28.1. The first-order valence-corrected chi connectivity index (χ1v) is 14.6. The van der Waals surface area contributed by atoms with Gasteiger partial charge < -0.3 is 24.0 Å². The van der Waals surface area contributed by atoms with Gasteiger partial charge >= 0.3 is 6.61 Å². The predicted molar refractivity (Wildman–Crippen MR) is 145 cm³/mol. The summed E-state index contributed by atoms with van der Waals surface area (Å²) in [5.74, 6) is 1.37. The number of halogens is 2. The van der Waals surface area contributed by atoms with Gasteiger partial charge in [-0.1, -0.05) is 0 Å². The molecule has 0 saturated carbocycles. The summed E-state index contributed by atoms with van der Waals surface area (Å²) in [4.78, 5) is 9.66. The number of pyridine rings is 1. The maximum atomic E-state index is 13.0. The van der Waals surface area contributed by atoms with Crippen molar-refractivity contribution in [2.75, 3.05) is 36.2 Å². The van der Waals surface area contributed by atoms with Crippen LogP contribution in [0.4, 0.5) is 20.3 Å². The van der Waals surface area contributed by atoms with Crippen molar-refractivity contribution in [3.05, 3.63) is 24.0 Å². The lowest BCUT2D eigenvalue weighted by Gasteiger charge is -2.40. The van der Waals surface area contributed by atoms with Crippen LogP contribution in [0.5, 0.6) is 0 Å². The third kappa shape index (κ3) is 4.81. The number of nitrogens with zero attached hydrogens (tertiary/aromatic N) is 8. The Morgan fingerprint density at radius 3 is 2.63 bits per heavy atom. The van der Waals surface area contributed by atoms with Crippen LogP contribution in [-0.4, -0.2) is 81.8 Å². The SMILES string of the molecule is C[C@@H]1CC(OC(F)F)CCN1c1cc(N2C3CCC2COC3)nc2c1c(C#N)nn2-c1ccn(C2CCCCO2)n1. The van der Waals surface area contributed by atoms with E-state index in [0.29, 0.717) is 56.1 Å². The van der Waals surface area contributed by atoms with Crippen LogP contribution in [0.2, 0.25) is 0 Å². The van der Waals surface area contributed by atoms with Crippen molar-refractivity contribution in [2.24, 2.45) is 0 Å². The maximum absolute atomic E-state index is 13.0. The van der Waals surface area contributed by atoms with Gasteiger partial charge in [0.15, 0.2) is 17.2 Å². The van der Waals surface area contributed by atoms with E-state index in [0.717, 1.165) is 43.6 Å². The second-order valence-electron chi connectivity index (χ2n) is 11.5. The fourth-order valence-electron chi connectivity index (χ4n) is 6.97. The monoisotopic (exact) mass is 568 g/mol. The normalized spacial score (nSPS) is 28.5. The number of hydrogen-bond donors (Lipinski definition) is 0. The van der Waals surface area contributed by atoms with E-state index in [1.807, 2.05) is 29.9 Å². The number of fused-ring (bicyclic) bond motifs is 3. The minimum absolute atomic E-state index is 0.0927. The van der Waals surface area contributed by atoms with E-state index in [1.54, 1.807) is 4.68 Å². The quantitative estimate of drug-likeness (QED) is 0.433. The molecule has 0 radical (unpaired) electrons. The minimum Gasteiger partial charge on any atom is -0.377 e. The summed E-state index contributed by atoms with van der Waals surface area (Å²) < 4.78 is 46.0. The Morgan fingerprint density at radius 1 is 1.10 bits per heavy atom. The Labute approximate surface area is 236 Å². The lowest BCUT2D eigenvalue weighted by atomic mass is 9.99. The van der Waals surface area contributed by atoms with E-state index < -0.39 is 12.7 Å². The summed E-state index contributed by atoms with van der Waals surface area (Å²) >= 11 is 0. The molecule has 4 aliphatic rings. The topological polar surface area (TPSA) is 106 Å². The van der Waals surface area contributed by atoms with E-state index in [9.17, 15) is 14.0 Å². The Morgan fingerprint density at radius 2 is 1.93 bits per heavy atom. The number of hydrogen-bond acceptors (Lipinski definition) is 9. The van der Waals surface area contributed by atoms with E-state index in [4.69, 9.17) is 29.4 Å². The largest absolute Gasteiger partial charge is 0.377 e. The summed E-state index contributed by atoms with van der Waals surface area (Å²) in [5.41, 5.74) is 1.63. The third-order valence-electron chi connectivity index (χ3n) is 8.91. The fraction of sp³-hybridized carbons (Fsp3) is 0.643. The molecule has 7 rings (SSSR count). The lowest BCUT2D eigenvalue weighted by molar-refractivity contribution is -0.168.